The zero-order valence-corrected chi connectivity index (χ0v) is 26.2. The van der Waals surface area contributed by atoms with E-state index in [9.17, 15) is 9.90 Å². The third-order valence-electron chi connectivity index (χ3n) is 11.8. The molecular formula is C34H53N7O2. The number of nitrogens with zero attached hydrogens (tertiary/aromatic N) is 2. The highest BCUT2D eigenvalue weighted by atomic mass is 16.3. The summed E-state index contributed by atoms with van der Waals surface area (Å²) >= 11 is 0. The quantitative estimate of drug-likeness (QED) is 0.297. The molecule has 1 aromatic carbocycles. The van der Waals surface area contributed by atoms with Gasteiger partial charge in [0.1, 0.15) is 6.29 Å². The van der Waals surface area contributed by atoms with Gasteiger partial charge in [-0.2, -0.15) is 5.01 Å². The maximum Gasteiger partial charge on any atom is 0.244 e. The molecule has 1 spiro atoms. The molecule has 5 heterocycles. The molecule has 6 atom stereocenters. The lowest BCUT2D eigenvalue weighted by atomic mass is 9.64. The highest BCUT2D eigenvalue weighted by Crippen LogP contribution is 2.48. The molecule has 5 aliphatic heterocycles. The third-order valence-corrected chi connectivity index (χ3v) is 11.8. The molecule has 1 aliphatic carbocycles. The summed E-state index contributed by atoms with van der Waals surface area (Å²) in [6.07, 6.45) is 16.5. The van der Waals surface area contributed by atoms with Crippen molar-refractivity contribution in [1.82, 2.24) is 31.3 Å². The first-order valence-corrected chi connectivity index (χ1v) is 17.1. The van der Waals surface area contributed by atoms with Crippen LogP contribution >= 0.6 is 0 Å². The standard InChI is InChI=1S/C34H53N7O2/c1-23-21-25(9-10-26(23)24-11-14-34(15-12-24)16-18-35-19-17-34)37-32-36-22-27-30(39-32)41-29-8-6-7-28(38-29)33(2,43)13-4-3-5-20-40(41)31(27)42/h3,5,9-10,21,24,27-30,32,35-39,43H,4,6-8,11-20,22H2,1-2H3. The Balaban J connectivity index is 1.03. The monoisotopic (exact) mass is 591 g/mol. The number of hydrazine groups is 1. The fourth-order valence-electron chi connectivity index (χ4n) is 9.12. The molecule has 2 bridgehead atoms. The lowest BCUT2D eigenvalue weighted by Crippen LogP contribution is -2.69. The predicted molar refractivity (Wildman–Crippen MR) is 170 cm³/mol. The molecule has 1 saturated carbocycles. The number of fused-ring (bicyclic) bond motifs is 6. The summed E-state index contributed by atoms with van der Waals surface area (Å²) in [5, 5.41) is 33.8. The normalized spacial score (nSPS) is 37.0. The Hall–Kier alpha value is -2.01. The first-order valence-electron chi connectivity index (χ1n) is 17.1. The summed E-state index contributed by atoms with van der Waals surface area (Å²) < 4.78 is 0. The van der Waals surface area contributed by atoms with Crippen LogP contribution < -0.4 is 26.6 Å². The van der Waals surface area contributed by atoms with Gasteiger partial charge in [0.05, 0.1) is 30.4 Å². The van der Waals surface area contributed by atoms with Gasteiger partial charge >= 0.3 is 0 Å². The van der Waals surface area contributed by atoms with Crippen LogP contribution in [0, 0.1) is 18.3 Å². The fraction of sp³-hybridized carbons (Fsp3) is 0.735. The van der Waals surface area contributed by atoms with Crippen molar-refractivity contribution in [3.63, 3.8) is 0 Å². The van der Waals surface area contributed by atoms with Crippen LogP contribution in [0.5, 0.6) is 0 Å². The molecule has 6 unspecified atom stereocenters. The maximum absolute atomic E-state index is 13.7. The average molecular weight is 592 g/mol. The summed E-state index contributed by atoms with van der Waals surface area (Å²) in [6, 6.07) is 6.92. The van der Waals surface area contributed by atoms with Crippen molar-refractivity contribution in [1.29, 1.82) is 0 Å². The Labute approximate surface area is 257 Å². The highest BCUT2D eigenvalue weighted by Gasteiger charge is 2.52. The number of rotatable bonds is 3. The number of piperidine rings is 2. The Kier molecular flexibility index (Phi) is 8.33. The second-order valence-electron chi connectivity index (χ2n) is 14.6. The van der Waals surface area contributed by atoms with Crippen LogP contribution in [-0.2, 0) is 4.79 Å². The number of amides is 1. The number of carbonyl (C=O) groups excluding carboxylic acids is 1. The van der Waals surface area contributed by atoms with E-state index in [0.29, 0.717) is 24.4 Å². The molecule has 7 rings (SSSR count). The predicted octanol–water partition coefficient (Wildman–Crippen LogP) is 3.48. The van der Waals surface area contributed by atoms with Gasteiger partial charge in [-0.25, -0.2) is 0 Å². The topological polar surface area (TPSA) is 104 Å². The van der Waals surface area contributed by atoms with Gasteiger partial charge in [-0.3, -0.25) is 25.8 Å². The van der Waals surface area contributed by atoms with Crippen LogP contribution in [0.2, 0.25) is 0 Å². The SMILES string of the molecule is Cc1cc(NC2NCC3C(=O)N4CC=CCCC(C)(O)C5CCCC(N5)N4C3N2)ccc1C1CCC2(CCNCC2)CC1. The molecule has 5 fully saturated rings. The van der Waals surface area contributed by atoms with Crippen LogP contribution in [-0.4, -0.2) is 77.5 Å². The van der Waals surface area contributed by atoms with Gasteiger partial charge in [0.25, 0.3) is 0 Å². The molecule has 1 aromatic rings. The van der Waals surface area contributed by atoms with E-state index in [0.717, 1.165) is 37.8 Å². The van der Waals surface area contributed by atoms with Crippen molar-refractivity contribution in [3.8, 4) is 0 Å². The minimum Gasteiger partial charge on any atom is -0.389 e. The molecule has 0 aromatic heterocycles. The number of hydrogen-bond acceptors (Lipinski definition) is 8. The first-order chi connectivity index (χ1) is 20.8. The Morgan fingerprint density at radius 1 is 1.00 bits per heavy atom. The lowest BCUT2D eigenvalue weighted by Gasteiger charge is -2.47. The van der Waals surface area contributed by atoms with Crippen LogP contribution in [0.15, 0.2) is 30.4 Å². The van der Waals surface area contributed by atoms with Crippen molar-refractivity contribution in [2.45, 2.75) is 121 Å². The van der Waals surface area contributed by atoms with Crippen molar-refractivity contribution in [2.75, 3.05) is 31.5 Å². The number of anilines is 1. The van der Waals surface area contributed by atoms with E-state index in [-0.39, 0.29) is 36.5 Å². The molecule has 6 N–H and O–H groups in total. The van der Waals surface area contributed by atoms with Crippen molar-refractivity contribution >= 4 is 11.6 Å². The molecule has 0 radical (unpaired) electrons. The molecule has 6 aliphatic rings. The number of nitrogens with one attached hydrogen (secondary N) is 5. The zero-order chi connectivity index (χ0) is 29.6. The molecule has 9 nitrogen and oxygen atoms in total. The van der Waals surface area contributed by atoms with Crippen LogP contribution in [0.25, 0.3) is 0 Å². The Morgan fingerprint density at radius 2 is 1.81 bits per heavy atom. The summed E-state index contributed by atoms with van der Waals surface area (Å²) in [4.78, 5) is 13.7. The number of carbonyl (C=O) groups is 1. The van der Waals surface area contributed by atoms with Crippen LogP contribution in [0.3, 0.4) is 0 Å². The van der Waals surface area contributed by atoms with E-state index in [4.69, 9.17) is 0 Å². The smallest absolute Gasteiger partial charge is 0.244 e. The third kappa shape index (κ3) is 5.89. The summed E-state index contributed by atoms with van der Waals surface area (Å²) in [7, 11) is 0. The largest absolute Gasteiger partial charge is 0.389 e. The molecule has 9 heteroatoms. The van der Waals surface area contributed by atoms with Gasteiger partial charge in [0.15, 0.2) is 0 Å². The molecular weight excluding hydrogens is 538 g/mol. The van der Waals surface area contributed by atoms with Crippen molar-refractivity contribution in [2.24, 2.45) is 11.3 Å². The number of aryl methyl sites for hydroxylation is 1. The molecule has 236 valence electrons. The molecule has 4 saturated heterocycles. The highest BCUT2D eigenvalue weighted by molar-refractivity contribution is 5.82. The Morgan fingerprint density at radius 3 is 2.60 bits per heavy atom. The minimum absolute atomic E-state index is 0.00274. The summed E-state index contributed by atoms with van der Waals surface area (Å²) in [5.41, 5.74) is 3.81. The minimum atomic E-state index is -0.774. The van der Waals surface area contributed by atoms with E-state index in [1.54, 1.807) is 0 Å². The van der Waals surface area contributed by atoms with Crippen LogP contribution in [0.1, 0.15) is 94.6 Å². The lowest BCUT2D eigenvalue weighted by molar-refractivity contribution is -0.146. The van der Waals surface area contributed by atoms with Gasteiger partial charge in [0, 0.05) is 18.3 Å². The molecule has 43 heavy (non-hydrogen) atoms. The van der Waals surface area contributed by atoms with Gasteiger partial charge < -0.3 is 15.7 Å². The van der Waals surface area contributed by atoms with E-state index in [1.807, 2.05) is 11.9 Å². The Bertz CT molecular complexity index is 1190. The number of hydrogen-bond donors (Lipinski definition) is 6. The summed E-state index contributed by atoms with van der Waals surface area (Å²) in [6.45, 7) is 7.79. The van der Waals surface area contributed by atoms with Crippen molar-refractivity contribution in [3.05, 3.63) is 41.5 Å². The maximum atomic E-state index is 13.7. The van der Waals surface area contributed by atoms with Crippen LogP contribution in [0.4, 0.5) is 5.69 Å². The van der Waals surface area contributed by atoms with Gasteiger partial charge in [0.2, 0.25) is 5.91 Å². The second-order valence-corrected chi connectivity index (χ2v) is 14.6. The zero-order valence-electron chi connectivity index (χ0n) is 26.2. The average Bonchev–Trinajstić information content (AvgIpc) is 3.27. The number of allylic oxidation sites excluding steroid dienone is 1. The van der Waals surface area contributed by atoms with Gasteiger partial charge in [-0.1, -0.05) is 18.2 Å². The van der Waals surface area contributed by atoms with E-state index < -0.39 is 5.60 Å². The summed E-state index contributed by atoms with van der Waals surface area (Å²) in [5.74, 6) is 0.681. The molecule has 1 amide bonds. The first kappa shape index (κ1) is 29.7. The van der Waals surface area contributed by atoms with E-state index >= 15 is 0 Å². The van der Waals surface area contributed by atoms with Gasteiger partial charge in [-0.05, 0) is 132 Å². The number of benzene rings is 1. The second kappa shape index (κ2) is 12.1. The van der Waals surface area contributed by atoms with E-state index in [2.05, 4.69) is 68.9 Å². The number of aliphatic hydroxyl groups is 1. The van der Waals surface area contributed by atoms with Gasteiger partial charge in [-0.15, -0.1) is 0 Å². The van der Waals surface area contributed by atoms with E-state index in [1.165, 1.54) is 62.7 Å². The fourth-order valence-corrected chi connectivity index (χ4v) is 9.12. The van der Waals surface area contributed by atoms with Crippen molar-refractivity contribution < 1.29 is 9.90 Å².